The minimum absolute atomic E-state index is 0.144. The monoisotopic (exact) mass is 308 g/mol. The highest BCUT2D eigenvalue weighted by Crippen LogP contribution is 2.41. The molecule has 1 aromatic carbocycles. The van der Waals surface area contributed by atoms with Crippen LogP contribution in [-0.4, -0.2) is 30.0 Å². The van der Waals surface area contributed by atoms with Crippen LogP contribution in [0.2, 0.25) is 5.82 Å². The smallest absolute Gasteiger partial charge is 0.256 e. The minimum Gasteiger partial charge on any atom is -0.294 e. The lowest BCUT2D eigenvalue weighted by atomic mass is 9.82. The first-order valence-corrected chi connectivity index (χ1v) is 8.78. The predicted molar refractivity (Wildman–Crippen MR) is 94.8 cm³/mol. The molecule has 0 saturated heterocycles. The standard InChI is InChI=1S/C19H25BN2O/c1-3-6-16(20)17-21-19(11-4-5-12-19)18(23)22(17)13-15-9-7-14(2)8-10-15/h7-10,16H,3-6,11-13H2,1-2H3. The third kappa shape index (κ3) is 3.08. The summed E-state index contributed by atoms with van der Waals surface area (Å²) in [7, 11) is 6.35. The van der Waals surface area contributed by atoms with E-state index in [1.165, 1.54) is 5.56 Å². The molecule has 0 N–H and O–H groups in total. The van der Waals surface area contributed by atoms with Gasteiger partial charge in [-0.1, -0.05) is 62.4 Å². The van der Waals surface area contributed by atoms with E-state index in [0.717, 1.165) is 49.9 Å². The number of aliphatic imine (C=N–C) groups is 1. The molecule has 4 heteroatoms. The number of aryl methyl sites for hydroxylation is 1. The van der Waals surface area contributed by atoms with Gasteiger partial charge in [0.05, 0.1) is 14.4 Å². The van der Waals surface area contributed by atoms with Gasteiger partial charge in [0.25, 0.3) is 5.91 Å². The van der Waals surface area contributed by atoms with Crippen molar-refractivity contribution in [2.24, 2.45) is 4.99 Å². The molecule has 1 aliphatic carbocycles. The number of hydrogen-bond donors (Lipinski definition) is 0. The fourth-order valence-corrected chi connectivity index (χ4v) is 3.72. The summed E-state index contributed by atoms with van der Waals surface area (Å²) in [4.78, 5) is 19.8. The first kappa shape index (κ1) is 16.3. The summed E-state index contributed by atoms with van der Waals surface area (Å²) in [6, 6.07) is 8.35. The van der Waals surface area contributed by atoms with Crippen molar-refractivity contribution in [1.82, 2.24) is 4.90 Å². The number of nitrogens with zero attached hydrogens (tertiary/aromatic N) is 2. The molecule has 1 spiro atoms. The van der Waals surface area contributed by atoms with E-state index in [2.05, 4.69) is 38.1 Å². The first-order chi connectivity index (χ1) is 11.1. The SMILES string of the molecule is [B]C(CCC)C1=NC2(CCCC2)C(=O)N1Cc1ccc(C)cc1. The zero-order valence-corrected chi connectivity index (χ0v) is 14.2. The lowest BCUT2D eigenvalue weighted by molar-refractivity contribution is -0.131. The number of carbonyl (C=O) groups is 1. The highest BCUT2D eigenvalue weighted by molar-refractivity contribution is 6.28. The van der Waals surface area contributed by atoms with Crippen molar-refractivity contribution in [3.63, 3.8) is 0 Å². The van der Waals surface area contributed by atoms with Gasteiger partial charge in [-0.2, -0.15) is 0 Å². The molecule has 1 heterocycles. The van der Waals surface area contributed by atoms with Gasteiger partial charge >= 0.3 is 0 Å². The fraction of sp³-hybridized carbons (Fsp3) is 0.579. The molecule has 0 aromatic heterocycles. The van der Waals surface area contributed by atoms with E-state index in [-0.39, 0.29) is 11.7 Å². The fourth-order valence-electron chi connectivity index (χ4n) is 3.72. The van der Waals surface area contributed by atoms with Crippen LogP contribution in [0, 0.1) is 6.92 Å². The van der Waals surface area contributed by atoms with Crippen LogP contribution in [0.5, 0.6) is 0 Å². The van der Waals surface area contributed by atoms with Crippen molar-refractivity contribution < 1.29 is 4.79 Å². The van der Waals surface area contributed by atoms with Crippen LogP contribution in [0.15, 0.2) is 29.3 Å². The van der Waals surface area contributed by atoms with Crippen molar-refractivity contribution in [3.8, 4) is 0 Å². The van der Waals surface area contributed by atoms with Crippen molar-refractivity contribution in [1.29, 1.82) is 0 Å². The molecule has 3 nitrogen and oxygen atoms in total. The summed E-state index contributed by atoms with van der Waals surface area (Å²) >= 11 is 0. The Kier molecular flexibility index (Phi) is 4.61. The third-order valence-electron chi connectivity index (χ3n) is 5.07. The summed E-state index contributed by atoms with van der Waals surface area (Å²) in [5.74, 6) is 0.825. The average molecular weight is 308 g/mol. The summed E-state index contributed by atoms with van der Waals surface area (Å²) in [6.45, 7) is 4.77. The van der Waals surface area contributed by atoms with E-state index in [9.17, 15) is 4.79 Å². The van der Waals surface area contributed by atoms with Gasteiger partial charge in [0.15, 0.2) is 0 Å². The molecule has 120 valence electrons. The van der Waals surface area contributed by atoms with E-state index in [1.807, 2.05) is 4.90 Å². The van der Waals surface area contributed by atoms with Gasteiger partial charge in [0.2, 0.25) is 0 Å². The maximum atomic E-state index is 13.1. The Hall–Kier alpha value is -1.58. The normalized spacial score (nSPS) is 21.0. The number of amidine groups is 1. The Bertz CT molecular complexity index is 602. The van der Waals surface area contributed by atoms with Crippen molar-refractivity contribution in [3.05, 3.63) is 35.4 Å². The summed E-state index contributed by atoms with van der Waals surface area (Å²) in [5, 5.41) is 0. The Morgan fingerprint density at radius 3 is 2.52 bits per heavy atom. The van der Waals surface area contributed by atoms with E-state index in [0.29, 0.717) is 6.54 Å². The molecule has 1 aliphatic heterocycles. The van der Waals surface area contributed by atoms with Gasteiger partial charge < -0.3 is 0 Å². The maximum Gasteiger partial charge on any atom is 0.256 e. The van der Waals surface area contributed by atoms with Crippen LogP contribution >= 0.6 is 0 Å². The molecule has 0 bridgehead atoms. The van der Waals surface area contributed by atoms with Crippen LogP contribution in [0.3, 0.4) is 0 Å². The topological polar surface area (TPSA) is 32.7 Å². The molecular weight excluding hydrogens is 283 g/mol. The van der Waals surface area contributed by atoms with Crippen molar-refractivity contribution in [2.75, 3.05) is 0 Å². The lowest BCUT2D eigenvalue weighted by Gasteiger charge is -2.25. The Morgan fingerprint density at radius 1 is 1.26 bits per heavy atom. The highest BCUT2D eigenvalue weighted by atomic mass is 16.2. The van der Waals surface area contributed by atoms with Gasteiger partial charge in [-0.05, 0) is 31.1 Å². The van der Waals surface area contributed by atoms with Gasteiger partial charge in [0.1, 0.15) is 11.4 Å². The van der Waals surface area contributed by atoms with Crippen molar-refractivity contribution >= 4 is 19.6 Å². The van der Waals surface area contributed by atoms with E-state index in [1.54, 1.807) is 0 Å². The summed E-state index contributed by atoms with van der Waals surface area (Å²) in [6.07, 6.45) is 5.79. The second kappa shape index (κ2) is 6.50. The predicted octanol–water partition coefficient (Wildman–Crippen LogP) is 3.81. The quantitative estimate of drug-likeness (QED) is 0.761. The molecule has 1 aromatic rings. The minimum atomic E-state index is -0.509. The van der Waals surface area contributed by atoms with Crippen LogP contribution in [0.4, 0.5) is 0 Å². The van der Waals surface area contributed by atoms with Crippen LogP contribution in [0.1, 0.15) is 56.6 Å². The molecular formula is C19H25BN2O. The highest BCUT2D eigenvalue weighted by Gasteiger charge is 2.50. The number of benzene rings is 1. The summed E-state index contributed by atoms with van der Waals surface area (Å²) < 4.78 is 0. The molecule has 23 heavy (non-hydrogen) atoms. The molecule has 1 saturated carbocycles. The summed E-state index contributed by atoms with van der Waals surface area (Å²) in [5.41, 5.74) is 1.85. The van der Waals surface area contributed by atoms with E-state index in [4.69, 9.17) is 12.8 Å². The van der Waals surface area contributed by atoms with Gasteiger partial charge in [-0.15, -0.1) is 0 Å². The van der Waals surface area contributed by atoms with E-state index < -0.39 is 5.54 Å². The molecule has 1 fully saturated rings. The number of rotatable bonds is 5. The Morgan fingerprint density at radius 2 is 1.91 bits per heavy atom. The van der Waals surface area contributed by atoms with Crippen LogP contribution in [0.25, 0.3) is 0 Å². The molecule has 2 aliphatic rings. The lowest BCUT2D eigenvalue weighted by Crippen LogP contribution is -2.41. The number of amides is 1. The Balaban J connectivity index is 1.88. The zero-order valence-electron chi connectivity index (χ0n) is 14.2. The first-order valence-electron chi connectivity index (χ1n) is 8.78. The largest absolute Gasteiger partial charge is 0.294 e. The van der Waals surface area contributed by atoms with Gasteiger partial charge in [0, 0.05) is 0 Å². The zero-order chi connectivity index (χ0) is 16.4. The van der Waals surface area contributed by atoms with Crippen LogP contribution in [-0.2, 0) is 11.3 Å². The number of hydrogen-bond acceptors (Lipinski definition) is 2. The van der Waals surface area contributed by atoms with Crippen molar-refractivity contribution in [2.45, 2.75) is 70.3 Å². The van der Waals surface area contributed by atoms with Crippen LogP contribution < -0.4 is 0 Å². The third-order valence-corrected chi connectivity index (χ3v) is 5.07. The Labute approximate surface area is 140 Å². The molecule has 1 amide bonds. The molecule has 1 atom stereocenters. The molecule has 3 rings (SSSR count). The molecule has 2 radical (unpaired) electrons. The second-order valence-corrected chi connectivity index (χ2v) is 6.98. The van der Waals surface area contributed by atoms with Gasteiger partial charge in [-0.25, -0.2) is 0 Å². The van der Waals surface area contributed by atoms with E-state index >= 15 is 0 Å². The number of carbonyl (C=O) groups excluding carboxylic acids is 1. The maximum absolute atomic E-state index is 13.1. The molecule has 1 unspecified atom stereocenters. The van der Waals surface area contributed by atoms with Gasteiger partial charge in [-0.3, -0.25) is 14.7 Å². The average Bonchev–Trinajstić information content (AvgIpc) is 3.11. The second-order valence-electron chi connectivity index (χ2n) is 6.98.